The zero-order valence-corrected chi connectivity index (χ0v) is 15.8. The van der Waals surface area contributed by atoms with E-state index in [4.69, 9.17) is 0 Å². The van der Waals surface area contributed by atoms with Crippen LogP contribution in [0.4, 0.5) is 0 Å². The van der Waals surface area contributed by atoms with E-state index < -0.39 is 9.84 Å². The van der Waals surface area contributed by atoms with Crippen molar-refractivity contribution in [3.8, 4) is 0 Å². The second-order valence-corrected chi connectivity index (χ2v) is 9.70. The van der Waals surface area contributed by atoms with Crippen molar-refractivity contribution in [1.29, 1.82) is 0 Å². The Morgan fingerprint density at radius 1 is 1.19 bits per heavy atom. The van der Waals surface area contributed by atoms with Crippen LogP contribution in [0.5, 0.6) is 0 Å². The average Bonchev–Trinajstić information content (AvgIpc) is 3.24. The lowest BCUT2D eigenvalue weighted by atomic mass is 9.96. The third-order valence-corrected chi connectivity index (χ3v) is 7.19. The van der Waals surface area contributed by atoms with Crippen LogP contribution in [0, 0.1) is 5.92 Å². The molecule has 27 heavy (non-hydrogen) atoms. The number of para-hydroxylation sites is 1. The SMILES string of the molecule is O=C(N[C@@H]1CCS(=O)(=O)C1)[C@H]1CCCN(C(=O)c2cc3ccccc3[nH]2)C1. The van der Waals surface area contributed by atoms with Gasteiger partial charge in [0.2, 0.25) is 5.91 Å². The molecule has 8 heteroatoms. The van der Waals surface area contributed by atoms with Gasteiger partial charge in [0.25, 0.3) is 5.91 Å². The lowest BCUT2D eigenvalue weighted by Crippen LogP contribution is -2.47. The number of nitrogens with zero attached hydrogens (tertiary/aromatic N) is 1. The van der Waals surface area contributed by atoms with Gasteiger partial charge in [0.15, 0.2) is 9.84 Å². The Bertz CT molecular complexity index is 949. The number of hydrogen-bond acceptors (Lipinski definition) is 4. The van der Waals surface area contributed by atoms with Gasteiger partial charge in [-0.2, -0.15) is 0 Å². The van der Waals surface area contributed by atoms with E-state index in [1.54, 1.807) is 4.90 Å². The summed E-state index contributed by atoms with van der Waals surface area (Å²) in [4.78, 5) is 30.3. The van der Waals surface area contributed by atoms with Crippen molar-refractivity contribution in [2.45, 2.75) is 25.3 Å². The first-order valence-corrected chi connectivity index (χ1v) is 11.1. The van der Waals surface area contributed by atoms with E-state index in [0.717, 1.165) is 17.3 Å². The highest BCUT2D eigenvalue weighted by molar-refractivity contribution is 7.91. The maximum Gasteiger partial charge on any atom is 0.270 e. The highest BCUT2D eigenvalue weighted by atomic mass is 32.2. The van der Waals surface area contributed by atoms with Gasteiger partial charge in [-0.1, -0.05) is 18.2 Å². The summed E-state index contributed by atoms with van der Waals surface area (Å²) >= 11 is 0. The molecule has 2 N–H and O–H groups in total. The van der Waals surface area contributed by atoms with Crippen LogP contribution in [0.3, 0.4) is 0 Å². The molecule has 2 aromatic rings. The molecule has 2 fully saturated rings. The number of H-pyrrole nitrogens is 1. The number of sulfone groups is 1. The number of aromatic amines is 1. The van der Waals surface area contributed by atoms with Crippen LogP contribution >= 0.6 is 0 Å². The van der Waals surface area contributed by atoms with Crippen LogP contribution in [0.1, 0.15) is 29.8 Å². The van der Waals surface area contributed by atoms with E-state index in [2.05, 4.69) is 10.3 Å². The van der Waals surface area contributed by atoms with Gasteiger partial charge in [-0.15, -0.1) is 0 Å². The zero-order valence-electron chi connectivity index (χ0n) is 15.0. The Labute approximate surface area is 158 Å². The van der Waals surface area contributed by atoms with Crippen molar-refractivity contribution < 1.29 is 18.0 Å². The molecule has 2 amide bonds. The number of fused-ring (bicyclic) bond motifs is 1. The quantitative estimate of drug-likeness (QED) is 0.827. The first-order chi connectivity index (χ1) is 12.9. The Hall–Kier alpha value is -2.35. The molecule has 2 aliphatic heterocycles. The molecule has 0 radical (unpaired) electrons. The smallest absolute Gasteiger partial charge is 0.270 e. The first-order valence-electron chi connectivity index (χ1n) is 9.29. The van der Waals surface area contributed by atoms with Crippen LogP contribution < -0.4 is 5.32 Å². The largest absolute Gasteiger partial charge is 0.352 e. The molecule has 0 saturated carbocycles. The Morgan fingerprint density at radius 3 is 2.74 bits per heavy atom. The van der Waals surface area contributed by atoms with Crippen molar-refractivity contribution in [1.82, 2.24) is 15.2 Å². The molecule has 7 nitrogen and oxygen atoms in total. The van der Waals surface area contributed by atoms with Gasteiger partial charge in [-0.3, -0.25) is 9.59 Å². The van der Waals surface area contributed by atoms with E-state index in [-0.39, 0.29) is 35.3 Å². The van der Waals surface area contributed by atoms with Crippen molar-refractivity contribution in [3.05, 3.63) is 36.0 Å². The molecule has 0 bridgehead atoms. The van der Waals surface area contributed by atoms with Crippen molar-refractivity contribution in [3.63, 3.8) is 0 Å². The summed E-state index contributed by atoms with van der Waals surface area (Å²) < 4.78 is 23.1. The molecule has 0 unspecified atom stereocenters. The second kappa shape index (κ2) is 6.99. The van der Waals surface area contributed by atoms with E-state index in [0.29, 0.717) is 31.6 Å². The van der Waals surface area contributed by atoms with Gasteiger partial charge in [0, 0.05) is 30.0 Å². The summed E-state index contributed by atoms with van der Waals surface area (Å²) in [7, 11) is -3.03. The van der Waals surface area contributed by atoms with Gasteiger partial charge >= 0.3 is 0 Å². The molecular formula is C19H23N3O4S. The topological polar surface area (TPSA) is 99.3 Å². The molecule has 2 atom stereocenters. The number of hydrogen-bond donors (Lipinski definition) is 2. The average molecular weight is 389 g/mol. The third-order valence-electron chi connectivity index (χ3n) is 5.42. The van der Waals surface area contributed by atoms with E-state index in [9.17, 15) is 18.0 Å². The number of carbonyl (C=O) groups is 2. The first kappa shape index (κ1) is 18.0. The predicted octanol–water partition coefficient (Wildman–Crippen LogP) is 1.32. The summed E-state index contributed by atoms with van der Waals surface area (Å²) in [5.41, 5.74) is 1.44. The molecular weight excluding hydrogens is 366 g/mol. The molecule has 144 valence electrons. The van der Waals surface area contributed by atoms with Crippen LogP contribution in [0.15, 0.2) is 30.3 Å². The third kappa shape index (κ3) is 3.85. The normalized spacial score (nSPS) is 24.8. The highest BCUT2D eigenvalue weighted by Gasteiger charge is 2.33. The van der Waals surface area contributed by atoms with E-state index >= 15 is 0 Å². The van der Waals surface area contributed by atoms with Crippen LogP contribution in [-0.2, 0) is 14.6 Å². The molecule has 2 aliphatic rings. The molecule has 1 aromatic carbocycles. The molecule has 0 spiro atoms. The van der Waals surface area contributed by atoms with Crippen molar-refractivity contribution >= 4 is 32.6 Å². The molecule has 2 saturated heterocycles. The monoisotopic (exact) mass is 389 g/mol. The molecule has 3 heterocycles. The standard InChI is InChI=1S/C19H23N3O4S/c23-18(20-15-7-9-27(25,26)12-15)14-5-3-8-22(11-14)19(24)17-10-13-4-1-2-6-16(13)21-17/h1-2,4,6,10,14-15,21H,3,5,7-9,11-12H2,(H,20,23)/t14-,15+/m0/s1. The van der Waals surface area contributed by atoms with Crippen LogP contribution in [0.25, 0.3) is 10.9 Å². The summed E-state index contributed by atoms with van der Waals surface area (Å²) in [5, 5.41) is 3.84. The number of nitrogens with one attached hydrogen (secondary N) is 2. The van der Waals surface area contributed by atoms with Gasteiger partial charge in [0.1, 0.15) is 5.69 Å². The Morgan fingerprint density at radius 2 is 2.00 bits per heavy atom. The predicted molar refractivity (Wildman–Crippen MR) is 102 cm³/mol. The fourth-order valence-electron chi connectivity index (χ4n) is 3.96. The minimum absolute atomic E-state index is 0.0170. The highest BCUT2D eigenvalue weighted by Crippen LogP contribution is 2.22. The summed E-state index contributed by atoms with van der Waals surface area (Å²) in [6, 6.07) is 9.25. The lowest BCUT2D eigenvalue weighted by molar-refractivity contribution is -0.126. The number of aromatic nitrogens is 1. The molecule has 0 aliphatic carbocycles. The minimum Gasteiger partial charge on any atom is -0.352 e. The van der Waals surface area contributed by atoms with E-state index in [1.165, 1.54) is 0 Å². The Balaban J connectivity index is 1.41. The second-order valence-electron chi connectivity index (χ2n) is 7.47. The maximum atomic E-state index is 12.9. The van der Waals surface area contributed by atoms with Gasteiger partial charge in [0.05, 0.1) is 17.4 Å². The fraction of sp³-hybridized carbons (Fsp3) is 0.474. The van der Waals surface area contributed by atoms with Crippen LogP contribution in [-0.4, -0.2) is 60.8 Å². The summed E-state index contributed by atoms with van der Waals surface area (Å²) in [6.45, 7) is 0.981. The van der Waals surface area contributed by atoms with Crippen molar-refractivity contribution in [2.75, 3.05) is 24.6 Å². The van der Waals surface area contributed by atoms with Gasteiger partial charge < -0.3 is 15.2 Å². The number of benzene rings is 1. The number of amides is 2. The summed E-state index contributed by atoms with van der Waals surface area (Å²) in [6.07, 6.45) is 1.94. The number of carbonyl (C=O) groups excluding carboxylic acids is 2. The lowest BCUT2D eigenvalue weighted by Gasteiger charge is -2.32. The zero-order chi connectivity index (χ0) is 19.0. The Kier molecular flexibility index (Phi) is 4.67. The van der Waals surface area contributed by atoms with Crippen molar-refractivity contribution in [2.24, 2.45) is 5.92 Å². The number of piperidine rings is 1. The summed E-state index contributed by atoms with van der Waals surface area (Å²) in [5.74, 6) is -0.398. The molecule has 4 rings (SSSR count). The number of rotatable bonds is 3. The van der Waals surface area contributed by atoms with Crippen LogP contribution in [0.2, 0.25) is 0 Å². The van der Waals surface area contributed by atoms with Gasteiger partial charge in [-0.05, 0) is 31.4 Å². The minimum atomic E-state index is -3.03. The van der Waals surface area contributed by atoms with E-state index in [1.807, 2.05) is 30.3 Å². The maximum absolute atomic E-state index is 12.9. The molecule has 1 aromatic heterocycles. The number of likely N-dealkylation sites (tertiary alicyclic amines) is 1. The fourth-order valence-corrected chi connectivity index (χ4v) is 5.64. The van der Waals surface area contributed by atoms with Gasteiger partial charge in [-0.25, -0.2) is 8.42 Å².